The molecule has 20 heavy (non-hydrogen) atoms. The van der Waals surface area contributed by atoms with Crippen molar-refractivity contribution in [2.75, 3.05) is 0 Å². The normalized spacial score (nSPS) is 12.2. The third-order valence-electron chi connectivity index (χ3n) is 2.97. The summed E-state index contributed by atoms with van der Waals surface area (Å²) in [6.45, 7) is 1.87. The molecule has 0 saturated carbocycles. The van der Waals surface area contributed by atoms with E-state index in [1.54, 1.807) is 6.07 Å². The van der Waals surface area contributed by atoms with Crippen LogP contribution in [-0.2, 0) is 6.18 Å². The molecule has 0 amide bonds. The highest BCUT2D eigenvalue weighted by atomic mass is 32.1. The third kappa shape index (κ3) is 1.94. The molecular weight excluding hydrogens is 289 g/mol. The van der Waals surface area contributed by atoms with Crippen molar-refractivity contribution in [2.24, 2.45) is 0 Å². The van der Waals surface area contributed by atoms with E-state index in [-0.39, 0.29) is 11.0 Å². The molecular formula is C13H9F3N2OS. The standard InChI is InChI=1S/C13H9F3N2OS/c1-7-5-6-10(20-7)18-9-4-2-3-8(13(14,15)16)11(9)17-12(18)19/h2-6H,1H3,(H,17,19). The Morgan fingerprint density at radius 2 is 1.95 bits per heavy atom. The van der Waals surface area contributed by atoms with E-state index >= 15 is 0 Å². The fourth-order valence-electron chi connectivity index (χ4n) is 2.13. The maximum atomic E-state index is 12.9. The van der Waals surface area contributed by atoms with Crippen LogP contribution in [0.3, 0.4) is 0 Å². The maximum absolute atomic E-state index is 12.9. The summed E-state index contributed by atoms with van der Waals surface area (Å²) in [7, 11) is 0. The van der Waals surface area contributed by atoms with Crippen LogP contribution in [-0.4, -0.2) is 9.55 Å². The van der Waals surface area contributed by atoms with Crippen molar-refractivity contribution in [1.29, 1.82) is 0 Å². The van der Waals surface area contributed by atoms with Gasteiger partial charge in [0.25, 0.3) is 0 Å². The van der Waals surface area contributed by atoms with Crippen LogP contribution in [0.1, 0.15) is 10.4 Å². The summed E-state index contributed by atoms with van der Waals surface area (Å²) in [5.41, 5.74) is -1.36. The molecule has 104 valence electrons. The zero-order valence-electron chi connectivity index (χ0n) is 10.3. The summed E-state index contributed by atoms with van der Waals surface area (Å²) in [5, 5.41) is 0.595. The number of imidazole rings is 1. The number of rotatable bonds is 1. The van der Waals surface area contributed by atoms with Crippen molar-refractivity contribution in [3.8, 4) is 5.00 Å². The molecule has 0 aliphatic heterocycles. The lowest BCUT2D eigenvalue weighted by molar-refractivity contribution is -0.136. The number of nitrogens with zero attached hydrogens (tertiary/aromatic N) is 1. The highest BCUT2D eigenvalue weighted by molar-refractivity contribution is 7.14. The van der Waals surface area contributed by atoms with Crippen molar-refractivity contribution < 1.29 is 13.2 Å². The van der Waals surface area contributed by atoms with E-state index in [4.69, 9.17) is 0 Å². The smallest absolute Gasteiger partial charge is 0.305 e. The minimum atomic E-state index is -4.50. The number of aryl methyl sites for hydroxylation is 1. The van der Waals surface area contributed by atoms with Crippen LogP contribution in [0.25, 0.3) is 16.0 Å². The van der Waals surface area contributed by atoms with Crippen LogP contribution in [0, 0.1) is 6.92 Å². The average Bonchev–Trinajstić information content (AvgIpc) is 2.89. The van der Waals surface area contributed by atoms with Crippen LogP contribution in [0.4, 0.5) is 13.2 Å². The number of para-hydroxylation sites is 1. The first-order valence-corrected chi connectivity index (χ1v) is 6.57. The monoisotopic (exact) mass is 298 g/mol. The molecule has 7 heteroatoms. The molecule has 0 unspecified atom stereocenters. The van der Waals surface area contributed by atoms with Crippen LogP contribution in [0.5, 0.6) is 0 Å². The number of thiophene rings is 1. The van der Waals surface area contributed by atoms with Gasteiger partial charge in [-0.25, -0.2) is 4.79 Å². The summed E-state index contributed by atoms with van der Waals surface area (Å²) >= 11 is 1.35. The number of alkyl halides is 3. The van der Waals surface area contributed by atoms with E-state index in [0.29, 0.717) is 5.00 Å². The fourth-order valence-corrected chi connectivity index (χ4v) is 3.00. The summed E-state index contributed by atoms with van der Waals surface area (Å²) in [5.74, 6) is 0. The fraction of sp³-hybridized carbons (Fsp3) is 0.154. The number of nitrogens with one attached hydrogen (secondary N) is 1. The van der Waals surface area contributed by atoms with E-state index in [1.165, 1.54) is 28.0 Å². The Labute approximate surface area is 115 Å². The van der Waals surface area contributed by atoms with Gasteiger partial charge in [0.2, 0.25) is 0 Å². The number of hydrogen-bond acceptors (Lipinski definition) is 2. The molecule has 3 rings (SSSR count). The third-order valence-corrected chi connectivity index (χ3v) is 3.96. The zero-order valence-corrected chi connectivity index (χ0v) is 11.1. The van der Waals surface area contributed by atoms with E-state index in [0.717, 1.165) is 10.9 Å². The second kappa shape index (κ2) is 4.24. The Kier molecular flexibility index (Phi) is 2.75. The Bertz CT molecular complexity index is 841. The van der Waals surface area contributed by atoms with Gasteiger partial charge in [-0.3, -0.25) is 4.57 Å². The van der Waals surface area contributed by atoms with Crippen LogP contribution < -0.4 is 5.69 Å². The Morgan fingerprint density at radius 1 is 1.20 bits per heavy atom. The van der Waals surface area contributed by atoms with Crippen molar-refractivity contribution >= 4 is 22.4 Å². The van der Waals surface area contributed by atoms with Gasteiger partial charge in [-0.15, -0.1) is 11.3 Å². The second-order valence-corrected chi connectivity index (χ2v) is 5.61. The molecule has 0 aliphatic rings. The summed E-state index contributed by atoms with van der Waals surface area (Å²) in [6, 6.07) is 7.29. The Balaban J connectivity index is 2.36. The summed E-state index contributed by atoms with van der Waals surface area (Å²) in [4.78, 5) is 15.3. The number of halogens is 3. The molecule has 3 aromatic rings. The van der Waals surface area contributed by atoms with Gasteiger partial charge in [-0.1, -0.05) is 6.07 Å². The first-order chi connectivity index (χ1) is 9.38. The largest absolute Gasteiger partial charge is 0.418 e. The van der Waals surface area contributed by atoms with E-state index < -0.39 is 17.4 Å². The zero-order chi connectivity index (χ0) is 14.5. The van der Waals surface area contributed by atoms with Crippen LogP contribution in [0.15, 0.2) is 35.1 Å². The van der Waals surface area contributed by atoms with Crippen molar-refractivity contribution in [3.05, 3.63) is 51.3 Å². The minimum Gasteiger partial charge on any atom is -0.305 e. The number of aromatic amines is 1. The molecule has 0 radical (unpaired) electrons. The molecule has 1 N–H and O–H groups in total. The van der Waals surface area contributed by atoms with Crippen molar-refractivity contribution in [3.63, 3.8) is 0 Å². The van der Waals surface area contributed by atoms with Gasteiger partial charge in [0.1, 0.15) is 5.00 Å². The first-order valence-electron chi connectivity index (χ1n) is 5.75. The molecule has 0 aliphatic carbocycles. The molecule has 0 bridgehead atoms. The number of aromatic nitrogens is 2. The van der Waals surface area contributed by atoms with Gasteiger partial charge in [-0.2, -0.15) is 13.2 Å². The Hall–Kier alpha value is -2.02. The van der Waals surface area contributed by atoms with Gasteiger partial charge in [0.05, 0.1) is 16.6 Å². The molecule has 0 atom stereocenters. The highest BCUT2D eigenvalue weighted by Gasteiger charge is 2.33. The number of hydrogen-bond donors (Lipinski definition) is 1. The van der Waals surface area contributed by atoms with Crippen LogP contribution >= 0.6 is 11.3 Å². The Morgan fingerprint density at radius 3 is 2.55 bits per heavy atom. The second-order valence-electron chi connectivity index (χ2n) is 4.35. The van der Waals surface area contributed by atoms with Crippen molar-refractivity contribution in [2.45, 2.75) is 13.1 Å². The van der Waals surface area contributed by atoms with Gasteiger partial charge in [0, 0.05) is 4.88 Å². The molecule has 2 heterocycles. The summed E-state index contributed by atoms with van der Waals surface area (Å²) in [6.07, 6.45) is -4.50. The lowest BCUT2D eigenvalue weighted by Crippen LogP contribution is -2.13. The predicted octanol–water partition coefficient (Wildman–Crippen LogP) is 3.71. The lowest BCUT2D eigenvalue weighted by Gasteiger charge is -2.07. The van der Waals surface area contributed by atoms with Crippen molar-refractivity contribution in [1.82, 2.24) is 9.55 Å². The average molecular weight is 298 g/mol. The van der Waals surface area contributed by atoms with Gasteiger partial charge < -0.3 is 4.98 Å². The molecule has 0 saturated heterocycles. The highest BCUT2D eigenvalue weighted by Crippen LogP contribution is 2.34. The minimum absolute atomic E-state index is 0.184. The van der Waals surface area contributed by atoms with Gasteiger partial charge in [0.15, 0.2) is 0 Å². The first kappa shape index (κ1) is 13.0. The summed E-state index contributed by atoms with van der Waals surface area (Å²) < 4.78 is 40.1. The van der Waals surface area contributed by atoms with Crippen LogP contribution in [0.2, 0.25) is 0 Å². The number of fused-ring (bicyclic) bond motifs is 1. The van der Waals surface area contributed by atoms with Gasteiger partial charge >= 0.3 is 11.9 Å². The predicted molar refractivity (Wildman–Crippen MR) is 71.5 cm³/mol. The molecule has 1 aromatic carbocycles. The number of benzene rings is 1. The SMILES string of the molecule is Cc1ccc(-n2c(=O)[nH]c3c(C(F)(F)F)cccc32)s1. The van der Waals surface area contributed by atoms with Gasteiger partial charge in [-0.05, 0) is 31.2 Å². The maximum Gasteiger partial charge on any atom is 0.418 e. The van der Waals surface area contributed by atoms with E-state index in [9.17, 15) is 18.0 Å². The topological polar surface area (TPSA) is 37.8 Å². The number of H-pyrrole nitrogens is 1. The quantitative estimate of drug-likeness (QED) is 0.730. The van der Waals surface area contributed by atoms with E-state index in [1.807, 2.05) is 13.0 Å². The molecule has 2 aromatic heterocycles. The molecule has 0 fully saturated rings. The molecule has 0 spiro atoms. The lowest BCUT2D eigenvalue weighted by atomic mass is 10.2. The van der Waals surface area contributed by atoms with E-state index in [2.05, 4.69) is 4.98 Å². The molecule has 3 nitrogen and oxygen atoms in total.